The topological polar surface area (TPSA) is 118 Å². The van der Waals surface area contributed by atoms with E-state index in [0.717, 1.165) is 29.6 Å². The van der Waals surface area contributed by atoms with Crippen LogP contribution in [0.25, 0.3) is 0 Å². The maximum Gasteiger partial charge on any atom is 0.254 e. The standard InChI is InChI=1S/C14H17FN4O3S/c1-8(5-10-6-9(2)18-19-10)17-14(20)12-7-11(23(16,21)22)3-4-13(12)15/h3-4,6-8H,5H2,1-2H3,(H,17,20)(H,18,19)(H2,16,21,22)/t8-/m0/s1. The predicted molar refractivity (Wildman–Crippen MR) is 81.7 cm³/mol. The number of rotatable bonds is 5. The lowest BCUT2D eigenvalue weighted by Crippen LogP contribution is -2.34. The Bertz CT molecular complexity index is 832. The van der Waals surface area contributed by atoms with E-state index in [1.807, 2.05) is 13.0 Å². The van der Waals surface area contributed by atoms with E-state index in [0.29, 0.717) is 6.42 Å². The van der Waals surface area contributed by atoms with Gasteiger partial charge < -0.3 is 5.32 Å². The number of nitrogens with zero attached hydrogens (tertiary/aromatic N) is 1. The minimum absolute atomic E-state index is 0.317. The maximum atomic E-state index is 13.8. The van der Waals surface area contributed by atoms with Gasteiger partial charge in [-0.05, 0) is 38.1 Å². The van der Waals surface area contributed by atoms with Gasteiger partial charge in [-0.3, -0.25) is 9.89 Å². The van der Waals surface area contributed by atoms with Gasteiger partial charge in [0.05, 0.1) is 16.2 Å². The Balaban J connectivity index is 2.14. The molecule has 0 saturated carbocycles. The first-order valence-electron chi connectivity index (χ1n) is 6.81. The van der Waals surface area contributed by atoms with Crippen molar-refractivity contribution in [1.82, 2.24) is 15.5 Å². The van der Waals surface area contributed by atoms with E-state index in [4.69, 9.17) is 5.14 Å². The molecule has 7 nitrogen and oxygen atoms in total. The average molecular weight is 340 g/mol. The Morgan fingerprint density at radius 2 is 2.13 bits per heavy atom. The highest BCUT2D eigenvalue weighted by atomic mass is 32.2. The van der Waals surface area contributed by atoms with Crippen LogP contribution in [0, 0.1) is 12.7 Å². The van der Waals surface area contributed by atoms with Crippen molar-refractivity contribution in [2.24, 2.45) is 5.14 Å². The Morgan fingerprint density at radius 3 is 2.70 bits per heavy atom. The molecular weight excluding hydrogens is 323 g/mol. The molecule has 1 amide bonds. The highest BCUT2D eigenvalue weighted by Gasteiger charge is 2.18. The maximum absolute atomic E-state index is 13.8. The Kier molecular flexibility index (Phi) is 4.81. The quantitative estimate of drug-likeness (QED) is 0.748. The van der Waals surface area contributed by atoms with Crippen LogP contribution >= 0.6 is 0 Å². The van der Waals surface area contributed by atoms with E-state index >= 15 is 0 Å². The van der Waals surface area contributed by atoms with Gasteiger partial charge in [0.1, 0.15) is 5.82 Å². The SMILES string of the molecule is Cc1cc(C[C@H](C)NC(=O)c2cc(S(N)(=O)=O)ccc2F)n[nH]1. The summed E-state index contributed by atoms with van der Waals surface area (Å²) >= 11 is 0. The third-order valence-electron chi connectivity index (χ3n) is 3.16. The highest BCUT2D eigenvalue weighted by molar-refractivity contribution is 7.89. The fourth-order valence-electron chi connectivity index (χ4n) is 2.10. The zero-order valence-corrected chi connectivity index (χ0v) is 13.4. The zero-order valence-electron chi connectivity index (χ0n) is 12.6. The number of halogens is 1. The van der Waals surface area contributed by atoms with Gasteiger partial charge in [0, 0.05) is 18.2 Å². The summed E-state index contributed by atoms with van der Waals surface area (Å²) in [7, 11) is -4.01. The van der Waals surface area contributed by atoms with Crippen LogP contribution in [-0.2, 0) is 16.4 Å². The molecule has 1 aromatic heterocycles. The summed E-state index contributed by atoms with van der Waals surface area (Å²) in [6.07, 6.45) is 0.451. The summed E-state index contributed by atoms with van der Waals surface area (Å²) in [6.45, 7) is 3.59. The average Bonchev–Trinajstić information content (AvgIpc) is 2.82. The molecule has 4 N–H and O–H groups in total. The number of carbonyl (C=O) groups excluding carboxylic acids is 1. The molecule has 0 fully saturated rings. The molecule has 0 radical (unpaired) electrons. The van der Waals surface area contributed by atoms with Crippen LogP contribution in [0.4, 0.5) is 4.39 Å². The predicted octanol–water partition coefficient (Wildman–Crippen LogP) is 0.866. The van der Waals surface area contributed by atoms with E-state index in [-0.39, 0.29) is 16.5 Å². The van der Waals surface area contributed by atoms with E-state index in [1.165, 1.54) is 0 Å². The van der Waals surface area contributed by atoms with Crippen LogP contribution in [0.2, 0.25) is 0 Å². The zero-order chi connectivity index (χ0) is 17.2. The summed E-state index contributed by atoms with van der Waals surface area (Å²) in [4.78, 5) is 11.8. The number of aromatic nitrogens is 2. The van der Waals surface area contributed by atoms with Gasteiger partial charge >= 0.3 is 0 Å². The van der Waals surface area contributed by atoms with Crippen LogP contribution in [0.5, 0.6) is 0 Å². The molecule has 2 aromatic rings. The molecule has 124 valence electrons. The van der Waals surface area contributed by atoms with Crippen molar-refractivity contribution in [1.29, 1.82) is 0 Å². The van der Waals surface area contributed by atoms with Crippen LogP contribution in [0.3, 0.4) is 0 Å². The number of carbonyl (C=O) groups is 1. The van der Waals surface area contributed by atoms with Crippen molar-refractivity contribution in [3.05, 3.63) is 47.0 Å². The first kappa shape index (κ1) is 17.1. The van der Waals surface area contributed by atoms with Gasteiger partial charge in [-0.25, -0.2) is 17.9 Å². The smallest absolute Gasteiger partial charge is 0.254 e. The van der Waals surface area contributed by atoms with E-state index in [1.54, 1.807) is 6.92 Å². The van der Waals surface area contributed by atoms with Crippen molar-refractivity contribution >= 4 is 15.9 Å². The van der Waals surface area contributed by atoms with Gasteiger partial charge in [0.15, 0.2) is 0 Å². The monoisotopic (exact) mass is 340 g/mol. The molecule has 0 aliphatic carbocycles. The molecule has 9 heteroatoms. The molecule has 1 heterocycles. The van der Waals surface area contributed by atoms with Crippen molar-refractivity contribution in [2.75, 3.05) is 0 Å². The number of aromatic amines is 1. The van der Waals surface area contributed by atoms with Gasteiger partial charge in [-0.1, -0.05) is 0 Å². The van der Waals surface area contributed by atoms with Crippen molar-refractivity contribution in [2.45, 2.75) is 31.2 Å². The number of hydrogen-bond acceptors (Lipinski definition) is 4. The lowest BCUT2D eigenvalue weighted by molar-refractivity contribution is 0.0935. The largest absolute Gasteiger partial charge is 0.349 e. The number of nitrogens with two attached hydrogens (primary N) is 1. The summed E-state index contributed by atoms with van der Waals surface area (Å²) in [5.74, 6) is -1.54. The van der Waals surface area contributed by atoms with Gasteiger partial charge in [-0.15, -0.1) is 0 Å². The first-order valence-corrected chi connectivity index (χ1v) is 8.35. The second-order valence-electron chi connectivity index (χ2n) is 5.31. The number of H-pyrrole nitrogens is 1. The second-order valence-corrected chi connectivity index (χ2v) is 6.87. The number of nitrogens with one attached hydrogen (secondary N) is 2. The molecule has 1 aromatic carbocycles. The van der Waals surface area contributed by atoms with Crippen LogP contribution in [-0.4, -0.2) is 30.6 Å². The molecule has 0 unspecified atom stereocenters. The molecule has 0 saturated heterocycles. The van der Waals surface area contributed by atoms with Gasteiger partial charge in [0.25, 0.3) is 5.91 Å². The minimum Gasteiger partial charge on any atom is -0.349 e. The van der Waals surface area contributed by atoms with Gasteiger partial charge in [0.2, 0.25) is 10.0 Å². The van der Waals surface area contributed by atoms with E-state index < -0.39 is 21.7 Å². The van der Waals surface area contributed by atoms with E-state index in [9.17, 15) is 17.6 Å². The summed E-state index contributed by atoms with van der Waals surface area (Å²) in [5.41, 5.74) is 1.28. The number of sulfonamides is 1. The number of primary sulfonamides is 1. The van der Waals surface area contributed by atoms with Gasteiger partial charge in [-0.2, -0.15) is 5.10 Å². The lowest BCUT2D eigenvalue weighted by Gasteiger charge is -2.13. The molecule has 0 spiro atoms. The Morgan fingerprint density at radius 1 is 1.43 bits per heavy atom. The second kappa shape index (κ2) is 6.47. The third kappa shape index (κ3) is 4.36. The number of benzene rings is 1. The van der Waals surface area contributed by atoms with Crippen molar-refractivity contribution < 1.29 is 17.6 Å². The molecular formula is C14H17FN4O3S. The summed E-state index contributed by atoms with van der Waals surface area (Å²) in [5, 5.41) is 14.4. The Labute approximate surface area is 133 Å². The molecule has 1 atom stereocenters. The van der Waals surface area contributed by atoms with Crippen molar-refractivity contribution in [3.8, 4) is 0 Å². The lowest BCUT2D eigenvalue weighted by atomic mass is 10.1. The first-order chi connectivity index (χ1) is 10.7. The molecule has 0 aliphatic heterocycles. The fourth-order valence-corrected chi connectivity index (χ4v) is 2.64. The fraction of sp³-hybridized carbons (Fsp3) is 0.286. The van der Waals surface area contributed by atoms with Crippen LogP contribution in [0.1, 0.15) is 28.7 Å². The summed E-state index contributed by atoms with van der Waals surface area (Å²) in [6, 6.07) is 4.35. The normalized spacial score (nSPS) is 12.9. The minimum atomic E-state index is -4.01. The molecule has 0 bridgehead atoms. The van der Waals surface area contributed by atoms with Crippen LogP contribution < -0.4 is 10.5 Å². The van der Waals surface area contributed by atoms with Crippen LogP contribution in [0.15, 0.2) is 29.2 Å². The number of amides is 1. The molecule has 0 aliphatic rings. The number of aryl methyl sites for hydroxylation is 1. The van der Waals surface area contributed by atoms with E-state index in [2.05, 4.69) is 15.5 Å². The third-order valence-corrected chi connectivity index (χ3v) is 4.07. The Hall–Kier alpha value is -2.26. The summed E-state index contributed by atoms with van der Waals surface area (Å²) < 4.78 is 36.4. The molecule has 2 rings (SSSR count). The number of hydrogen-bond donors (Lipinski definition) is 3. The van der Waals surface area contributed by atoms with Crippen molar-refractivity contribution in [3.63, 3.8) is 0 Å². The highest BCUT2D eigenvalue weighted by Crippen LogP contribution is 2.14. The molecule has 23 heavy (non-hydrogen) atoms.